The van der Waals surface area contributed by atoms with E-state index in [1.165, 1.54) is 24.8 Å². The van der Waals surface area contributed by atoms with Crippen molar-refractivity contribution in [3.05, 3.63) is 12.2 Å². The molecule has 1 atom stereocenters. The van der Waals surface area contributed by atoms with Gasteiger partial charge >= 0.3 is 0 Å². The first-order valence-electron chi connectivity index (χ1n) is 4.81. The lowest BCUT2D eigenvalue weighted by Crippen LogP contribution is -2.35. The Bertz CT molecular complexity index is 121. The quantitative estimate of drug-likeness (QED) is 0.266. The molecular formula is C10H22N2. The molecule has 0 aliphatic carbocycles. The minimum Gasteiger partial charge on any atom is -0.271 e. The van der Waals surface area contributed by atoms with Crippen molar-refractivity contribution in [2.45, 2.75) is 52.0 Å². The number of hydrazine groups is 1. The second kappa shape index (κ2) is 7.32. The van der Waals surface area contributed by atoms with Crippen LogP contribution in [0, 0.1) is 0 Å². The monoisotopic (exact) mass is 170 g/mol. The highest BCUT2D eigenvalue weighted by Gasteiger charge is 2.04. The van der Waals surface area contributed by atoms with Crippen LogP contribution in [-0.4, -0.2) is 6.04 Å². The van der Waals surface area contributed by atoms with Gasteiger partial charge in [0.15, 0.2) is 0 Å². The normalized spacial score (nSPS) is 12.9. The van der Waals surface area contributed by atoms with Gasteiger partial charge in [0.05, 0.1) is 0 Å². The average molecular weight is 170 g/mol. The molecule has 0 fully saturated rings. The predicted octanol–water partition coefficient (Wildman–Crippen LogP) is 2.36. The summed E-state index contributed by atoms with van der Waals surface area (Å²) in [5.74, 6) is 5.41. The van der Waals surface area contributed by atoms with E-state index in [4.69, 9.17) is 5.84 Å². The van der Waals surface area contributed by atoms with E-state index in [-0.39, 0.29) is 0 Å². The van der Waals surface area contributed by atoms with Crippen LogP contribution >= 0.6 is 0 Å². The molecule has 0 aliphatic rings. The SMILES string of the molecule is C=C(C)CC(CCCCC)NN. The summed E-state index contributed by atoms with van der Waals surface area (Å²) in [5.41, 5.74) is 4.03. The van der Waals surface area contributed by atoms with Gasteiger partial charge in [-0.1, -0.05) is 31.8 Å². The van der Waals surface area contributed by atoms with Crippen molar-refractivity contribution >= 4 is 0 Å². The minimum atomic E-state index is 0.425. The molecule has 0 heterocycles. The summed E-state index contributed by atoms with van der Waals surface area (Å²) in [7, 11) is 0. The van der Waals surface area contributed by atoms with E-state index < -0.39 is 0 Å². The molecule has 0 amide bonds. The van der Waals surface area contributed by atoms with Gasteiger partial charge < -0.3 is 0 Å². The second-order valence-electron chi connectivity index (χ2n) is 3.52. The Morgan fingerprint density at radius 1 is 1.50 bits per heavy atom. The molecule has 0 aromatic heterocycles. The first-order chi connectivity index (χ1) is 5.70. The Morgan fingerprint density at radius 3 is 2.58 bits per heavy atom. The van der Waals surface area contributed by atoms with E-state index in [1.54, 1.807) is 0 Å². The van der Waals surface area contributed by atoms with Gasteiger partial charge in [0.2, 0.25) is 0 Å². The number of nitrogens with two attached hydrogens (primary N) is 1. The smallest absolute Gasteiger partial charge is 0.0247 e. The van der Waals surface area contributed by atoms with E-state index in [0.717, 1.165) is 12.8 Å². The molecule has 1 unspecified atom stereocenters. The zero-order valence-corrected chi connectivity index (χ0v) is 8.40. The van der Waals surface area contributed by atoms with Crippen LogP contribution in [0.4, 0.5) is 0 Å². The van der Waals surface area contributed by atoms with Gasteiger partial charge in [0.1, 0.15) is 0 Å². The topological polar surface area (TPSA) is 38.0 Å². The van der Waals surface area contributed by atoms with Crippen molar-refractivity contribution in [1.29, 1.82) is 0 Å². The highest BCUT2D eigenvalue weighted by Crippen LogP contribution is 2.09. The highest BCUT2D eigenvalue weighted by atomic mass is 15.2. The van der Waals surface area contributed by atoms with Crippen molar-refractivity contribution in [3.8, 4) is 0 Å². The summed E-state index contributed by atoms with van der Waals surface area (Å²) in [4.78, 5) is 0. The summed E-state index contributed by atoms with van der Waals surface area (Å²) < 4.78 is 0. The van der Waals surface area contributed by atoms with Crippen molar-refractivity contribution in [1.82, 2.24) is 5.43 Å². The molecule has 0 spiro atoms. The van der Waals surface area contributed by atoms with Gasteiger partial charge in [-0.05, 0) is 19.8 Å². The molecule has 0 rings (SSSR count). The van der Waals surface area contributed by atoms with Crippen LogP contribution in [0.3, 0.4) is 0 Å². The molecule has 0 radical (unpaired) electrons. The van der Waals surface area contributed by atoms with Crippen LogP contribution in [0.1, 0.15) is 46.0 Å². The molecule has 0 aliphatic heterocycles. The maximum atomic E-state index is 5.41. The first-order valence-corrected chi connectivity index (χ1v) is 4.81. The molecule has 0 aromatic carbocycles. The Hall–Kier alpha value is -0.340. The van der Waals surface area contributed by atoms with Gasteiger partial charge in [0.25, 0.3) is 0 Å². The number of hydrogen-bond donors (Lipinski definition) is 2. The molecule has 3 N–H and O–H groups in total. The number of nitrogens with one attached hydrogen (secondary N) is 1. The number of rotatable bonds is 7. The third kappa shape index (κ3) is 6.38. The van der Waals surface area contributed by atoms with Gasteiger partial charge in [-0.15, -0.1) is 6.58 Å². The summed E-state index contributed by atoms with van der Waals surface area (Å²) in [5, 5.41) is 0. The molecule has 0 aromatic rings. The van der Waals surface area contributed by atoms with E-state index in [1.807, 2.05) is 6.92 Å². The average Bonchev–Trinajstić information content (AvgIpc) is 2.02. The third-order valence-electron chi connectivity index (χ3n) is 1.99. The van der Waals surface area contributed by atoms with Gasteiger partial charge in [-0.25, -0.2) is 0 Å². The van der Waals surface area contributed by atoms with Crippen molar-refractivity contribution in [3.63, 3.8) is 0 Å². The largest absolute Gasteiger partial charge is 0.271 e. The fourth-order valence-corrected chi connectivity index (χ4v) is 1.31. The number of hydrogen-bond acceptors (Lipinski definition) is 2. The van der Waals surface area contributed by atoms with Gasteiger partial charge in [-0.3, -0.25) is 11.3 Å². The Kier molecular flexibility index (Phi) is 7.11. The fourth-order valence-electron chi connectivity index (χ4n) is 1.31. The molecule has 2 nitrogen and oxygen atoms in total. The van der Waals surface area contributed by atoms with Gasteiger partial charge in [0, 0.05) is 6.04 Å². The zero-order valence-electron chi connectivity index (χ0n) is 8.40. The second-order valence-corrected chi connectivity index (χ2v) is 3.52. The molecule has 0 saturated carbocycles. The van der Waals surface area contributed by atoms with Crippen LogP contribution in [0.25, 0.3) is 0 Å². The summed E-state index contributed by atoms with van der Waals surface area (Å²) >= 11 is 0. The number of unbranched alkanes of at least 4 members (excludes halogenated alkanes) is 2. The zero-order chi connectivity index (χ0) is 9.40. The standard InChI is InChI=1S/C10H22N2/c1-4-5-6-7-10(12-11)8-9(2)3/h10,12H,2,4-8,11H2,1,3H3. The summed E-state index contributed by atoms with van der Waals surface area (Å²) in [6.07, 6.45) is 5.99. The highest BCUT2D eigenvalue weighted by molar-refractivity contribution is 4.92. The molecule has 72 valence electrons. The van der Waals surface area contributed by atoms with E-state index in [2.05, 4.69) is 18.9 Å². The van der Waals surface area contributed by atoms with Crippen molar-refractivity contribution < 1.29 is 0 Å². The van der Waals surface area contributed by atoms with Crippen molar-refractivity contribution in [2.24, 2.45) is 5.84 Å². The minimum absolute atomic E-state index is 0.425. The molecule has 2 heteroatoms. The van der Waals surface area contributed by atoms with E-state index in [0.29, 0.717) is 6.04 Å². The molecule has 0 bridgehead atoms. The van der Waals surface area contributed by atoms with Gasteiger partial charge in [-0.2, -0.15) is 0 Å². The maximum absolute atomic E-state index is 5.41. The lowest BCUT2D eigenvalue weighted by molar-refractivity contribution is 0.466. The van der Waals surface area contributed by atoms with E-state index >= 15 is 0 Å². The van der Waals surface area contributed by atoms with Crippen LogP contribution in [0.2, 0.25) is 0 Å². The summed E-state index contributed by atoms with van der Waals surface area (Å²) in [6, 6.07) is 0.425. The van der Waals surface area contributed by atoms with Crippen LogP contribution in [0.15, 0.2) is 12.2 Å². The Morgan fingerprint density at radius 2 is 2.17 bits per heavy atom. The predicted molar refractivity (Wildman–Crippen MR) is 54.7 cm³/mol. The molecular weight excluding hydrogens is 148 g/mol. The van der Waals surface area contributed by atoms with Crippen LogP contribution in [-0.2, 0) is 0 Å². The fraction of sp³-hybridized carbons (Fsp3) is 0.800. The Balaban J connectivity index is 3.46. The molecule has 12 heavy (non-hydrogen) atoms. The summed E-state index contributed by atoms with van der Waals surface area (Å²) in [6.45, 7) is 8.13. The Labute approximate surface area is 76.2 Å². The lowest BCUT2D eigenvalue weighted by Gasteiger charge is -2.14. The van der Waals surface area contributed by atoms with Crippen LogP contribution < -0.4 is 11.3 Å². The molecule has 0 saturated heterocycles. The first kappa shape index (κ1) is 11.7. The maximum Gasteiger partial charge on any atom is 0.0247 e. The van der Waals surface area contributed by atoms with Crippen molar-refractivity contribution in [2.75, 3.05) is 0 Å². The lowest BCUT2D eigenvalue weighted by atomic mass is 10.0. The van der Waals surface area contributed by atoms with Crippen LogP contribution in [0.5, 0.6) is 0 Å². The third-order valence-corrected chi connectivity index (χ3v) is 1.99. The van der Waals surface area contributed by atoms with E-state index in [9.17, 15) is 0 Å².